The third-order valence-corrected chi connectivity index (χ3v) is 5.91. The number of aliphatic hydroxyl groups is 1. The smallest absolute Gasteiger partial charge is 0.255 e. The van der Waals surface area contributed by atoms with E-state index in [0.717, 1.165) is 0 Å². The van der Waals surface area contributed by atoms with Crippen LogP contribution in [0, 0.1) is 0 Å². The number of nitrogens with one attached hydrogen (secondary N) is 1. The molecule has 1 fully saturated rings. The van der Waals surface area contributed by atoms with Gasteiger partial charge in [-0.05, 0) is 24.1 Å². The molecule has 24 heavy (non-hydrogen) atoms. The van der Waals surface area contributed by atoms with Crippen LogP contribution < -0.4 is 5.32 Å². The molecule has 1 unspecified atom stereocenters. The zero-order valence-corrected chi connectivity index (χ0v) is 13.5. The summed E-state index contributed by atoms with van der Waals surface area (Å²) in [6.45, 7) is -0.309. The van der Waals surface area contributed by atoms with Gasteiger partial charge in [0.15, 0.2) is 9.84 Å². The van der Waals surface area contributed by atoms with Crippen LogP contribution >= 0.6 is 0 Å². The highest BCUT2D eigenvalue weighted by Crippen LogP contribution is 2.29. The molecule has 1 atom stereocenters. The molecular weight excluding hydrogens is 336 g/mol. The van der Waals surface area contributed by atoms with E-state index in [-0.39, 0.29) is 35.8 Å². The van der Waals surface area contributed by atoms with Crippen LogP contribution in [0.4, 0.5) is 0 Å². The van der Waals surface area contributed by atoms with E-state index >= 15 is 0 Å². The Morgan fingerprint density at radius 2 is 2.00 bits per heavy atom. The molecule has 9 heteroatoms. The number of imide groups is 1. The maximum atomic E-state index is 12.6. The van der Waals surface area contributed by atoms with Crippen LogP contribution in [0.25, 0.3) is 0 Å². The number of amides is 3. The molecule has 2 aliphatic rings. The molecule has 0 bridgehead atoms. The molecule has 0 saturated carbocycles. The average molecular weight is 352 g/mol. The quantitative estimate of drug-likeness (QED) is 0.685. The Hall–Kier alpha value is -2.26. The van der Waals surface area contributed by atoms with Crippen molar-refractivity contribution in [3.05, 3.63) is 29.3 Å². The van der Waals surface area contributed by atoms with Crippen LogP contribution in [0.3, 0.4) is 0 Å². The monoisotopic (exact) mass is 352 g/mol. The molecule has 128 valence electrons. The number of benzene rings is 1. The summed E-state index contributed by atoms with van der Waals surface area (Å²) in [4.78, 5) is 37.1. The molecule has 0 radical (unpaired) electrons. The van der Waals surface area contributed by atoms with E-state index in [1.807, 2.05) is 0 Å². The van der Waals surface area contributed by atoms with Crippen molar-refractivity contribution in [2.75, 3.05) is 12.4 Å². The van der Waals surface area contributed by atoms with Gasteiger partial charge in [0.05, 0.1) is 17.3 Å². The Balaban J connectivity index is 1.89. The van der Waals surface area contributed by atoms with Crippen molar-refractivity contribution in [2.45, 2.75) is 30.3 Å². The van der Waals surface area contributed by atoms with Gasteiger partial charge < -0.3 is 10.0 Å². The Morgan fingerprint density at radius 3 is 2.67 bits per heavy atom. The minimum Gasteiger partial charge on any atom is -0.395 e. The number of carbonyl (C=O) groups is 3. The number of rotatable bonds is 4. The minimum atomic E-state index is -3.66. The second-order valence-electron chi connectivity index (χ2n) is 5.76. The fourth-order valence-corrected chi connectivity index (χ4v) is 4.01. The predicted octanol–water partition coefficient (Wildman–Crippen LogP) is -0.786. The first-order valence-corrected chi connectivity index (χ1v) is 9.10. The number of aliphatic hydroxyl groups excluding tert-OH is 1. The highest BCUT2D eigenvalue weighted by Gasteiger charge is 2.39. The molecule has 3 amide bonds. The van der Waals surface area contributed by atoms with Crippen LogP contribution in [0.1, 0.15) is 28.8 Å². The van der Waals surface area contributed by atoms with Crippen molar-refractivity contribution in [1.82, 2.24) is 10.2 Å². The summed E-state index contributed by atoms with van der Waals surface area (Å²) in [6.07, 6.45) is 0.409. The zero-order valence-electron chi connectivity index (χ0n) is 12.7. The molecule has 8 nitrogen and oxygen atoms in total. The van der Waals surface area contributed by atoms with Crippen molar-refractivity contribution in [3.8, 4) is 0 Å². The Morgan fingerprint density at radius 1 is 1.25 bits per heavy atom. The van der Waals surface area contributed by atoms with Crippen molar-refractivity contribution < 1.29 is 27.9 Å². The van der Waals surface area contributed by atoms with Crippen molar-refractivity contribution in [1.29, 1.82) is 0 Å². The first-order chi connectivity index (χ1) is 11.3. The van der Waals surface area contributed by atoms with Crippen molar-refractivity contribution >= 4 is 27.6 Å². The van der Waals surface area contributed by atoms with E-state index in [1.54, 1.807) is 6.07 Å². The second-order valence-corrected chi connectivity index (χ2v) is 7.87. The Bertz CT molecular complexity index is 832. The predicted molar refractivity (Wildman–Crippen MR) is 81.6 cm³/mol. The maximum Gasteiger partial charge on any atom is 0.255 e. The molecule has 1 aromatic rings. The van der Waals surface area contributed by atoms with E-state index in [2.05, 4.69) is 5.32 Å². The van der Waals surface area contributed by atoms with Gasteiger partial charge >= 0.3 is 0 Å². The number of nitrogens with zero attached hydrogens (tertiary/aromatic N) is 1. The van der Waals surface area contributed by atoms with E-state index in [4.69, 9.17) is 5.11 Å². The van der Waals surface area contributed by atoms with Gasteiger partial charge in [-0.3, -0.25) is 19.7 Å². The molecule has 1 aromatic carbocycles. The minimum absolute atomic E-state index is 0.0335. The topological polar surface area (TPSA) is 121 Å². The number of piperidine rings is 1. The first kappa shape index (κ1) is 16.6. The van der Waals surface area contributed by atoms with E-state index in [1.165, 1.54) is 17.0 Å². The van der Waals surface area contributed by atoms with Gasteiger partial charge in [0, 0.05) is 18.5 Å². The second kappa shape index (κ2) is 5.99. The van der Waals surface area contributed by atoms with Gasteiger partial charge in [-0.15, -0.1) is 0 Å². The lowest BCUT2D eigenvalue weighted by atomic mass is 10.0. The summed E-state index contributed by atoms with van der Waals surface area (Å²) in [7, 11) is -3.66. The highest BCUT2D eigenvalue weighted by atomic mass is 32.2. The number of hydrogen-bond donors (Lipinski definition) is 2. The van der Waals surface area contributed by atoms with Gasteiger partial charge in [0.25, 0.3) is 5.91 Å². The number of fused-ring (bicyclic) bond motifs is 1. The van der Waals surface area contributed by atoms with Crippen LogP contribution in [0.5, 0.6) is 0 Å². The van der Waals surface area contributed by atoms with E-state index in [9.17, 15) is 22.8 Å². The number of hydrogen-bond acceptors (Lipinski definition) is 6. The van der Waals surface area contributed by atoms with Crippen molar-refractivity contribution in [2.24, 2.45) is 0 Å². The molecule has 2 N–H and O–H groups in total. The molecule has 3 rings (SSSR count). The molecule has 0 aliphatic carbocycles. The molecule has 2 heterocycles. The van der Waals surface area contributed by atoms with Crippen LogP contribution in [0.2, 0.25) is 0 Å². The van der Waals surface area contributed by atoms with Gasteiger partial charge in [-0.1, -0.05) is 6.07 Å². The first-order valence-electron chi connectivity index (χ1n) is 7.44. The number of carbonyl (C=O) groups excluding carboxylic acids is 3. The normalized spacial score (nSPS) is 21.0. The van der Waals surface area contributed by atoms with Crippen LogP contribution in [-0.2, 0) is 26.0 Å². The SMILES string of the molecule is O=C1CCC(N2Cc3ccc(S(=O)(=O)CCO)cc3C2=O)C(=O)N1. The summed E-state index contributed by atoms with van der Waals surface area (Å²) in [5, 5.41) is 11.1. The standard InChI is InChI=1S/C15H16N2O6S/c18-5-6-24(22,23)10-2-1-9-8-17(15(21)11(9)7-10)12-3-4-13(19)16-14(12)20/h1-2,7,12,18H,3-6,8H2,(H,16,19,20). The third kappa shape index (κ3) is 2.80. The van der Waals surface area contributed by atoms with Gasteiger partial charge in [0.2, 0.25) is 11.8 Å². The fraction of sp³-hybridized carbons (Fsp3) is 0.400. The van der Waals surface area contributed by atoms with E-state index < -0.39 is 40.1 Å². The Kier molecular flexibility index (Phi) is 4.14. The summed E-state index contributed by atoms with van der Waals surface area (Å²) in [5.41, 5.74) is 0.867. The summed E-state index contributed by atoms with van der Waals surface area (Å²) < 4.78 is 24.0. The molecular formula is C15H16N2O6S. The van der Waals surface area contributed by atoms with Gasteiger partial charge in [0.1, 0.15) is 6.04 Å². The lowest BCUT2D eigenvalue weighted by molar-refractivity contribution is -0.136. The summed E-state index contributed by atoms with van der Waals surface area (Å²) in [6, 6.07) is 3.49. The highest BCUT2D eigenvalue weighted by molar-refractivity contribution is 7.91. The van der Waals surface area contributed by atoms with E-state index in [0.29, 0.717) is 5.56 Å². The molecule has 0 aromatic heterocycles. The van der Waals surface area contributed by atoms with Crippen molar-refractivity contribution in [3.63, 3.8) is 0 Å². The maximum absolute atomic E-state index is 12.6. The lowest BCUT2D eigenvalue weighted by Gasteiger charge is -2.29. The lowest BCUT2D eigenvalue weighted by Crippen LogP contribution is -2.52. The zero-order chi connectivity index (χ0) is 17.5. The molecule has 0 spiro atoms. The summed E-state index contributed by atoms with van der Waals surface area (Å²) in [5.74, 6) is -1.73. The molecule has 2 aliphatic heterocycles. The van der Waals surface area contributed by atoms with Crippen LogP contribution in [-0.4, -0.2) is 54.5 Å². The average Bonchev–Trinajstić information content (AvgIpc) is 2.84. The third-order valence-electron chi connectivity index (χ3n) is 4.22. The molecule has 1 saturated heterocycles. The Labute approximate surface area is 138 Å². The summed E-state index contributed by atoms with van der Waals surface area (Å²) >= 11 is 0. The largest absolute Gasteiger partial charge is 0.395 e. The van der Waals surface area contributed by atoms with Gasteiger partial charge in [-0.25, -0.2) is 8.42 Å². The van der Waals surface area contributed by atoms with Gasteiger partial charge in [-0.2, -0.15) is 0 Å². The van der Waals surface area contributed by atoms with Crippen LogP contribution in [0.15, 0.2) is 23.1 Å². The fourth-order valence-electron chi connectivity index (χ4n) is 2.97. The number of sulfone groups is 1.